The van der Waals surface area contributed by atoms with E-state index in [-0.39, 0.29) is 13.0 Å². The number of hydrogen-bond donors (Lipinski definition) is 1. The number of amides is 1. The second-order valence-electron chi connectivity index (χ2n) is 9.61. The summed E-state index contributed by atoms with van der Waals surface area (Å²) in [5.41, 5.74) is 0.598. The van der Waals surface area contributed by atoms with Gasteiger partial charge < -0.3 is 19.5 Å². The minimum Gasteiger partial charge on any atom is -0.491 e. The normalized spacial score (nSPS) is 15.3. The van der Waals surface area contributed by atoms with Crippen LogP contribution in [0.1, 0.15) is 71.4 Å². The first-order valence-corrected chi connectivity index (χ1v) is 10.4. The van der Waals surface area contributed by atoms with Crippen molar-refractivity contribution in [2.45, 2.75) is 84.0 Å². The van der Waals surface area contributed by atoms with E-state index in [1.165, 1.54) is 0 Å². The molecule has 7 heteroatoms. The van der Waals surface area contributed by atoms with Crippen LogP contribution in [0.4, 0.5) is 9.18 Å². The van der Waals surface area contributed by atoms with Crippen LogP contribution in [0.5, 0.6) is 5.75 Å². The highest BCUT2D eigenvalue weighted by Gasteiger charge is 2.32. The maximum absolute atomic E-state index is 12.8. The van der Waals surface area contributed by atoms with Gasteiger partial charge in [0.15, 0.2) is 0 Å². The lowest BCUT2D eigenvalue weighted by Gasteiger charge is -2.27. The van der Waals surface area contributed by atoms with Crippen LogP contribution in [0.3, 0.4) is 0 Å². The fourth-order valence-electron chi connectivity index (χ4n) is 3.03. The Bertz CT molecular complexity index is 747. The second kappa shape index (κ2) is 9.67. The summed E-state index contributed by atoms with van der Waals surface area (Å²) in [7, 11) is 0. The first-order valence-electron chi connectivity index (χ1n) is 10.4. The Balaban J connectivity index is 2.26. The molecule has 1 aromatic carbocycles. The Labute approximate surface area is 178 Å². The number of carbonyl (C=O) groups is 2. The SMILES string of the molecule is CC(C)(C)OC(=O)N[C@H](Cc1cc(OCCF)ccc1C1CC1)C(=O)OC(C)(C)C. The Morgan fingerprint density at radius 3 is 2.27 bits per heavy atom. The van der Waals surface area contributed by atoms with Crippen LogP contribution in [0.25, 0.3) is 0 Å². The number of nitrogens with one attached hydrogen (secondary N) is 1. The predicted octanol–water partition coefficient (Wildman–Crippen LogP) is 4.69. The molecule has 0 saturated heterocycles. The van der Waals surface area contributed by atoms with Crippen molar-refractivity contribution in [2.24, 2.45) is 0 Å². The number of alkyl halides is 1. The fourth-order valence-corrected chi connectivity index (χ4v) is 3.03. The van der Waals surface area contributed by atoms with Gasteiger partial charge in [0, 0.05) is 6.42 Å². The van der Waals surface area contributed by atoms with Crippen molar-refractivity contribution in [3.63, 3.8) is 0 Å². The summed E-state index contributed by atoms with van der Waals surface area (Å²) >= 11 is 0. The molecule has 0 aliphatic heterocycles. The van der Waals surface area contributed by atoms with E-state index in [1.54, 1.807) is 41.5 Å². The zero-order valence-electron chi connectivity index (χ0n) is 18.8. The van der Waals surface area contributed by atoms with Crippen molar-refractivity contribution >= 4 is 12.1 Å². The topological polar surface area (TPSA) is 73.9 Å². The van der Waals surface area contributed by atoms with Crippen LogP contribution in [0.15, 0.2) is 18.2 Å². The molecule has 1 atom stereocenters. The number of ether oxygens (including phenoxy) is 3. The quantitative estimate of drug-likeness (QED) is 0.614. The van der Waals surface area contributed by atoms with E-state index < -0.39 is 36.0 Å². The fraction of sp³-hybridized carbons (Fsp3) is 0.652. The summed E-state index contributed by atoms with van der Waals surface area (Å²) in [6.45, 7) is 9.97. The minimum absolute atomic E-state index is 0.0339. The third kappa shape index (κ3) is 8.20. The average molecular weight is 424 g/mol. The van der Waals surface area contributed by atoms with Gasteiger partial charge in [-0.25, -0.2) is 14.0 Å². The van der Waals surface area contributed by atoms with Crippen LogP contribution in [-0.2, 0) is 20.7 Å². The molecule has 0 radical (unpaired) electrons. The lowest BCUT2D eigenvalue weighted by molar-refractivity contribution is -0.157. The third-order valence-corrected chi connectivity index (χ3v) is 4.28. The molecule has 30 heavy (non-hydrogen) atoms. The lowest BCUT2D eigenvalue weighted by atomic mass is 9.96. The molecule has 0 bridgehead atoms. The summed E-state index contributed by atoms with van der Waals surface area (Å²) in [5, 5.41) is 2.66. The summed E-state index contributed by atoms with van der Waals surface area (Å²) in [5.74, 6) is 0.425. The highest BCUT2D eigenvalue weighted by Crippen LogP contribution is 2.42. The van der Waals surface area contributed by atoms with Gasteiger partial charge in [0.1, 0.15) is 36.3 Å². The highest BCUT2D eigenvalue weighted by atomic mass is 19.1. The number of rotatable bonds is 8. The van der Waals surface area contributed by atoms with Crippen molar-refractivity contribution in [1.29, 1.82) is 0 Å². The Morgan fingerprint density at radius 1 is 1.10 bits per heavy atom. The van der Waals surface area contributed by atoms with Crippen molar-refractivity contribution in [1.82, 2.24) is 5.32 Å². The standard InChI is InChI=1S/C23H34FNO5/c1-22(2,3)29-20(26)19(25-21(27)30-23(4,5)6)14-16-13-17(28-12-11-24)9-10-18(16)15-7-8-15/h9-10,13,15,19H,7-8,11-12,14H2,1-6H3,(H,25,27)/t19-/m1/s1. The Morgan fingerprint density at radius 2 is 1.73 bits per heavy atom. The van der Waals surface area contributed by atoms with Crippen molar-refractivity contribution in [3.05, 3.63) is 29.3 Å². The van der Waals surface area contributed by atoms with Gasteiger partial charge in [-0.05, 0) is 83.6 Å². The molecule has 2 rings (SSSR count). The largest absolute Gasteiger partial charge is 0.491 e. The zero-order chi connectivity index (χ0) is 22.5. The third-order valence-electron chi connectivity index (χ3n) is 4.28. The number of benzene rings is 1. The molecule has 0 aromatic heterocycles. The molecule has 1 fully saturated rings. The molecule has 0 heterocycles. The second-order valence-corrected chi connectivity index (χ2v) is 9.61. The van der Waals surface area contributed by atoms with Gasteiger partial charge >= 0.3 is 12.1 Å². The molecule has 0 unspecified atom stereocenters. The van der Waals surface area contributed by atoms with E-state index in [1.807, 2.05) is 18.2 Å². The molecule has 0 spiro atoms. The van der Waals surface area contributed by atoms with Crippen LogP contribution >= 0.6 is 0 Å². The van der Waals surface area contributed by atoms with Crippen LogP contribution in [-0.4, -0.2) is 42.6 Å². The number of hydrogen-bond acceptors (Lipinski definition) is 5. The number of esters is 1. The molecule has 1 amide bonds. The lowest BCUT2D eigenvalue weighted by Crippen LogP contribution is -2.47. The summed E-state index contributed by atoms with van der Waals surface area (Å²) in [6, 6.07) is 4.67. The summed E-state index contributed by atoms with van der Waals surface area (Å²) in [6.07, 6.45) is 1.70. The molecule has 6 nitrogen and oxygen atoms in total. The molecular weight excluding hydrogens is 389 g/mol. The molecule has 1 saturated carbocycles. The maximum atomic E-state index is 12.8. The van der Waals surface area contributed by atoms with Gasteiger partial charge in [0.25, 0.3) is 0 Å². The molecule has 168 valence electrons. The van der Waals surface area contributed by atoms with E-state index in [0.717, 1.165) is 24.0 Å². The van der Waals surface area contributed by atoms with Gasteiger partial charge in [-0.3, -0.25) is 0 Å². The van der Waals surface area contributed by atoms with E-state index in [0.29, 0.717) is 11.7 Å². The first kappa shape index (κ1) is 24.0. The Kier molecular flexibility index (Phi) is 7.72. The molecule has 1 aliphatic carbocycles. The van der Waals surface area contributed by atoms with Crippen LogP contribution < -0.4 is 10.1 Å². The average Bonchev–Trinajstić information content (AvgIpc) is 3.41. The maximum Gasteiger partial charge on any atom is 0.408 e. The van der Waals surface area contributed by atoms with Crippen molar-refractivity contribution in [3.8, 4) is 5.75 Å². The van der Waals surface area contributed by atoms with Gasteiger partial charge in [0.2, 0.25) is 0 Å². The zero-order valence-corrected chi connectivity index (χ0v) is 18.8. The monoisotopic (exact) mass is 423 g/mol. The number of halogens is 1. The minimum atomic E-state index is -0.923. The molecule has 1 aliphatic rings. The molecular formula is C23H34FNO5. The number of alkyl carbamates (subject to hydrolysis) is 1. The van der Waals surface area contributed by atoms with Gasteiger partial charge in [-0.15, -0.1) is 0 Å². The van der Waals surface area contributed by atoms with Gasteiger partial charge in [0.05, 0.1) is 0 Å². The van der Waals surface area contributed by atoms with Gasteiger partial charge in [-0.2, -0.15) is 0 Å². The summed E-state index contributed by atoms with van der Waals surface area (Å²) in [4.78, 5) is 25.2. The predicted molar refractivity (Wildman–Crippen MR) is 113 cm³/mol. The van der Waals surface area contributed by atoms with E-state index >= 15 is 0 Å². The summed E-state index contributed by atoms with van der Waals surface area (Å²) < 4.78 is 28.8. The van der Waals surface area contributed by atoms with Gasteiger partial charge in [-0.1, -0.05) is 6.07 Å². The molecule has 1 N–H and O–H groups in total. The highest BCUT2D eigenvalue weighted by molar-refractivity contribution is 5.82. The first-order chi connectivity index (χ1) is 13.9. The smallest absolute Gasteiger partial charge is 0.408 e. The van der Waals surface area contributed by atoms with Crippen molar-refractivity contribution in [2.75, 3.05) is 13.3 Å². The number of carbonyl (C=O) groups excluding carboxylic acids is 2. The van der Waals surface area contributed by atoms with E-state index in [4.69, 9.17) is 14.2 Å². The van der Waals surface area contributed by atoms with Crippen molar-refractivity contribution < 1.29 is 28.2 Å². The molecule has 1 aromatic rings. The van der Waals surface area contributed by atoms with Crippen LogP contribution in [0, 0.1) is 0 Å². The Hall–Kier alpha value is -2.31. The van der Waals surface area contributed by atoms with E-state index in [9.17, 15) is 14.0 Å². The van der Waals surface area contributed by atoms with E-state index in [2.05, 4.69) is 5.32 Å². The van der Waals surface area contributed by atoms with Crippen LogP contribution in [0.2, 0.25) is 0 Å².